The van der Waals surface area contributed by atoms with Crippen LogP contribution in [0.5, 0.6) is 0 Å². The third kappa shape index (κ3) is 36.5. The van der Waals surface area contributed by atoms with Gasteiger partial charge in [-0.15, -0.1) is 28.2 Å². The summed E-state index contributed by atoms with van der Waals surface area (Å²) in [5.74, 6) is 1.76. The van der Waals surface area contributed by atoms with Crippen LogP contribution in [0.4, 0.5) is 0 Å². The minimum atomic E-state index is 0. The van der Waals surface area contributed by atoms with Crippen molar-refractivity contribution in [2.75, 3.05) is 0 Å². The van der Waals surface area contributed by atoms with Gasteiger partial charge in [0.05, 0.1) is 46.5 Å². The van der Waals surface area contributed by atoms with Gasteiger partial charge in [0.15, 0.2) is 11.5 Å². The fourth-order valence-corrected chi connectivity index (χ4v) is 13.3. The number of aromatic nitrogens is 10. The SMILES string of the molecule is CC.CC.CC.CC.CC.CC.CC.CC.CCc1c[n-]c2cc(C)ccc12.CCc1ccc2cc(C)ccc2n1.CCc1cnc2ccc(C)cc2c1.CCc1nc2cc(C)ccc2o1.CCc1nc2cc(C)ccc2s1.CCc1nc2cc(C)cnc2s1.CCc1nc2ccc(C)cc2[n-]1.CCc1nc2ccc(C)cc2s1.[W].[W]. The number of nitrogens with zero attached hydrogens (tertiary/aromatic N) is 10. The first-order valence-electron chi connectivity index (χ1n) is 42.3. The zero-order valence-electron chi connectivity index (χ0n) is 76.7. The molecule has 16 aromatic rings. The number of aryl methyl sites for hydroxylation is 16. The fourth-order valence-electron chi connectivity index (χ4n) is 10.6. The number of oxazole rings is 1. The van der Waals surface area contributed by atoms with Crippen LogP contribution >= 0.6 is 34.0 Å². The Morgan fingerprint density at radius 1 is 0.319 bits per heavy atom. The van der Waals surface area contributed by atoms with Gasteiger partial charge in [0.25, 0.3) is 0 Å². The van der Waals surface area contributed by atoms with Gasteiger partial charge in [0, 0.05) is 77.4 Å². The van der Waals surface area contributed by atoms with Crippen LogP contribution < -0.4 is 9.97 Å². The van der Waals surface area contributed by atoms with Gasteiger partial charge in [-0.3, -0.25) is 9.97 Å². The average molecular weight is 1960 g/mol. The summed E-state index contributed by atoms with van der Waals surface area (Å²) in [6.45, 7) is 65.6. The largest absolute Gasteiger partial charge is 0.663 e. The maximum Gasteiger partial charge on any atom is 0.195 e. The fraction of sp³-hybridized carbons (Fsp3) is 0.400. The molecule has 0 spiro atoms. The van der Waals surface area contributed by atoms with Gasteiger partial charge in [-0.1, -0.05) is 284 Å². The van der Waals surface area contributed by atoms with Crippen LogP contribution in [-0.2, 0) is 93.5 Å². The molecule has 0 N–H and O–H groups in total. The minimum Gasteiger partial charge on any atom is -0.663 e. The molecule has 628 valence electrons. The van der Waals surface area contributed by atoms with Crippen molar-refractivity contribution in [2.45, 2.75) is 273 Å². The molecule has 0 radical (unpaired) electrons. The molecule has 0 fully saturated rings. The molecule has 9 heterocycles. The first kappa shape index (κ1) is 110. The number of fused-ring (bicyclic) bond motifs is 8. The Hall–Kier alpha value is -7.96. The number of benzene rings is 7. The molecule has 16 heteroatoms. The summed E-state index contributed by atoms with van der Waals surface area (Å²) in [6.07, 6.45) is 13.8. The Kier molecular flexibility index (Phi) is 59.9. The molecule has 0 amide bonds. The van der Waals surface area contributed by atoms with Crippen LogP contribution in [-0.4, -0.2) is 39.9 Å². The average Bonchev–Trinajstić information content (AvgIpc) is 1.02. The first-order chi connectivity index (χ1) is 55.4. The molecule has 0 atom stereocenters. The van der Waals surface area contributed by atoms with Gasteiger partial charge >= 0.3 is 0 Å². The number of rotatable bonds is 8. The molecule has 0 aliphatic rings. The number of hydrogen-bond donors (Lipinski definition) is 0. The molecule has 9 aromatic heterocycles. The Bertz CT molecular complexity index is 4770. The molecule has 0 saturated carbocycles. The zero-order valence-corrected chi connectivity index (χ0v) is 85.1. The van der Waals surface area contributed by atoms with Crippen molar-refractivity contribution in [3.05, 3.63) is 258 Å². The van der Waals surface area contributed by atoms with Crippen molar-refractivity contribution in [3.63, 3.8) is 0 Å². The molecule has 16 rings (SSSR count). The van der Waals surface area contributed by atoms with Crippen molar-refractivity contribution in [2.24, 2.45) is 0 Å². The third-order valence-corrected chi connectivity index (χ3v) is 19.6. The van der Waals surface area contributed by atoms with Crippen LogP contribution in [0.25, 0.3) is 85.6 Å². The van der Waals surface area contributed by atoms with Crippen molar-refractivity contribution < 1.29 is 46.5 Å². The van der Waals surface area contributed by atoms with Crippen LogP contribution in [0.15, 0.2) is 175 Å². The van der Waals surface area contributed by atoms with Crippen molar-refractivity contribution in [3.8, 4) is 0 Å². The third-order valence-electron chi connectivity index (χ3n) is 16.2. The van der Waals surface area contributed by atoms with Crippen molar-refractivity contribution >= 4 is 120 Å². The molecular formula is C100H140N10OS3W2-2. The summed E-state index contributed by atoms with van der Waals surface area (Å²) in [5.41, 5.74) is 24.5. The summed E-state index contributed by atoms with van der Waals surface area (Å²) >= 11 is 5.28. The molecule has 7 aromatic carbocycles. The predicted molar refractivity (Wildman–Crippen MR) is 510 cm³/mol. The van der Waals surface area contributed by atoms with E-state index in [1.54, 1.807) is 34.0 Å². The van der Waals surface area contributed by atoms with Gasteiger partial charge in [0.1, 0.15) is 15.9 Å². The van der Waals surface area contributed by atoms with Crippen molar-refractivity contribution in [1.29, 1.82) is 0 Å². The Morgan fingerprint density at radius 3 is 1.38 bits per heavy atom. The minimum absolute atomic E-state index is 0. The molecule has 0 aliphatic carbocycles. The van der Waals surface area contributed by atoms with E-state index in [0.29, 0.717) is 0 Å². The second kappa shape index (κ2) is 63.2. The number of imidazole rings is 1. The molecule has 0 saturated heterocycles. The van der Waals surface area contributed by atoms with E-state index in [2.05, 4.69) is 274 Å². The molecule has 0 unspecified atom stereocenters. The zero-order chi connectivity index (χ0) is 85.8. The molecule has 116 heavy (non-hydrogen) atoms. The van der Waals surface area contributed by atoms with Gasteiger partial charge in [-0.2, -0.15) is 6.20 Å². The van der Waals surface area contributed by atoms with E-state index < -0.39 is 0 Å². The Morgan fingerprint density at radius 2 is 0.802 bits per heavy atom. The predicted octanol–water partition coefficient (Wildman–Crippen LogP) is 30.7. The van der Waals surface area contributed by atoms with Crippen LogP contribution in [0.1, 0.15) is 254 Å². The summed E-state index contributed by atoms with van der Waals surface area (Å²) in [5, 5.41) is 7.42. The quantitative estimate of drug-likeness (QED) is 0.143. The second-order valence-electron chi connectivity index (χ2n) is 24.5. The van der Waals surface area contributed by atoms with Crippen LogP contribution in [0.2, 0.25) is 0 Å². The number of thiazole rings is 3. The maximum absolute atomic E-state index is 5.46. The van der Waals surface area contributed by atoms with E-state index in [9.17, 15) is 0 Å². The molecule has 0 aliphatic heterocycles. The van der Waals surface area contributed by atoms with Crippen LogP contribution in [0, 0.1) is 55.4 Å². The van der Waals surface area contributed by atoms with Gasteiger partial charge in [-0.05, 0) is 223 Å². The Labute approximate surface area is 741 Å². The smallest absolute Gasteiger partial charge is 0.195 e. The van der Waals surface area contributed by atoms with Gasteiger partial charge < -0.3 is 19.4 Å². The number of pyridine rings is 3. The summed E-state index contributed by atoms with van der Waals surface area (Å²) in [6, 6.07) is 52.8. The summed E-state index contributed by atoms with van der Waals surface area (Å²) in [7, 11) is 0. The summed E-state index contributed by atoms with van der Waals surface area (Å²) < 4.78 is 8.08. The van der Waals surface area contributed by atoms with E-state index in [1.807, 2.05) is 167 Å². The normalized spacial score (nSPS) is 9.52. The van der Waals surface area contributed by atoms with Gasteiger partial charge in [0.2, 0.25) is 0 Å². The number of hydrogen-bond acceptors (Lipinski definition) is 12. The van der Waals surface area contributed by atoms with E-state index >= 15 is 0 Å². The van der Waals surface area contributed by atoms with E-state index in [-0.39, 0.29) is 42.1 Å². The maximum atomic E-state index is 5.46. The Balaban J connectivity index is 0. The molecular weight excluding hydrogens is 1820 g/mol. The van der Waals surface area contributed by atoms with E-state index in [4.69, 9.17) is 4.42 Å². The molecule has 11 nitrogen and oxygen atoms in total. The van der Waals surface area contributed by atoms with Crippen LogP contribution in [0.3, 0.4) is 0 Å². The summed E-state index contributed by atoms with van der Waals surface area (Å²) in [4.78, 5) is 45.2. The standard InChI is InChI=1S/2C12H13N.C11H12N.C10H11N2.C10H11NO.2C10H11NS.C9H10N2S.8C2H6.2W/c1-3-11-6-5-10-8-9(2)4-7-12(10)13-11;1-3-10-7-11-6-9(2)4-5-12(11)13-8-10;1-3-9-7-12-11-6-8(2)4-5-10(9)11;1-3-10-11-8-5-4-7(2)6-9(8)12-10;2*1-3-10-11-8-6-7(2)4-5-9(8)12-10;1-3-10-11-8-5-4-7(2)6-9(8)12-10;1-3-8-11-7-4-6(2)5-10-9(7)12-8;8*1-2;;/h2*4-8H,3H2,1-2H3;4-7H,3H2,1-2H3;4*4-6H,3H2,1-2H3;4-5H,3H2,1-2H3;8*1-2H3;;/q;;2*-1;;;;;;;;;;;;;;. The van der Waals surface area contributed by atoms with E-state index in [0.717, 1.165) is 129 Å². The first-order valence-corrected chi connectivity index (χ1v) is 44.7. The molecule has 0 bridgehead atoms. The van der Waals surface area contributed by atoms with E-state index in [1.165, 1.54) is 96.2 Å². The second-order valence-corrected chi connectivity index (χ2v) is 27.8. The monoisotopic (exact) mass is 1960 g/mol. The van der Waals surface area contributed by atoms with Crippen molar-refractivity contribution in [1.82, 2.24) is 49.8 Å². The topological polar surface area (TPSA) is 144 Å². The van der Waals surface area contributed by atoms with Gasteiger partial charge in [-0.25, -0.2) is 24.9 Å².